The van der Waals surface area contributed by atoms with Gasteiger partial charge in [0, 0.05) is 26.4 Å². The van der Waals surface area contributed by atoms with Gasteiger partial charge in [-0.05, 0) is 0 Å². The van der Waals surface area contributed by atoms with Crippen molar-refractivity contribution >= 4 is 5.97 Å². The van der Waals surface area contributed by atoms with E-state index in [2.05, 4.69) is 0 Å². The lowest BCUT2D eigenvalue weighted by atomic mass is 10.2. The fourth-order valence-electron chi connectivity index (χ4n) is 1.19. The number of benzene rings is 1. The second-order valence-electron chi connectivity index (χ2n) is 3.22. The first-order valence-electron chi connectivity index (χ1n) is 4.94. The highest BCUT2D eigenvalue weighted by Gasteiger charge is 2.16. The smallest absolute Gasteiger partial charge is 0.339 e. The third-order valence-electron chi connectivity index (χ3n) is 1.96. The molecular weight excluding hydrogens is 244 g/mol. The van der Waals surface area contributed by atoms with Gasteiger partial charge < -0.3 is 29.2 Å². The minimum Gasteiger partial charge on any atom is -0.507 e. The van der Waals surface area contributed by atoms with E-state index in [1.165, 1.54) is 14.2 Å². The average Bonchev–Trinajstić information content (AvgIpc) is 2.34. The Balaban J connectivity index is 3.06. The predicted molar refractivity (Wildman–Crippen MR) is 60.1 cm³/mol. The zero-order valence-corrected chi connectivity index (χ0v) is 10.0. The number of hydrogen-bond acceptors (Lipinski definition) is 6. The Bertz CT molecular complexity index is 416. The number of aromatic hydroxyl groups is 1. The molecule has 2 N–H and O–H groups in total. The lowest BCUT2D eigenvalue weighted by molar-refractivity contribution is 0.0319. The van der Waals surface area contributed by atoms with Crippen LogP contribution in [0.4, 0.5) is 0 Å². The van der Waals surface area contributed by atoms with Crippen molar-refractivity contribution in [1.29, 1.82) is 0 Å². The standard InChI is InChI=1S/C11H14O7/c1-15-5-17-9-3-7(11(13)14)8(12)4-10(9)18-6-16-2/h3-4,12H,5-6H2,1-2H3,(H,13,14). The van der Waals surface area contributed by atoms with Crippen molar-refractivity contribution < 1.29 is 34.0 Å². The van der Waals surface area contributed by atoms with Crippen LogP contribution < -0.4 is 9.47 Å². The van der Waals surface area contributed by atoms with Crippen LogP contribution in [-0.2, 0) is 9.47 Å². The summed E-state index contributed by atoms with van der Waals surface area (Å²) in [6.45, 7) is -0.137. The number of aromatic carboxylic acids is 1. The molecule has 100 valence electrons. The monoisotopic (exact) mass is 258 g/mol. The Morgan fingerprint density at radius 2 is 1.61 bits per heavy atom. The van der Waals surface area contributed by atoms with Crippen LogP contribution in [0.2, 0.25) is 0 Å². The molecule has 0 heterocycles. The molecule has 1 aromatic rings. The summed E-state index contributed by atoms with van der Waals surface area (Å²) in [5.41, 5.74) is -0.286. The van der Waals surface area contributed by atoms with Crippen LogP contribution in [0, 0.1) is 0 Å². The minimum absolute atomic E-state index is 0.0603. The number of methoxy groups -OCH3 is 2. The summed E-state index contributed by atoms with van der Waals surface area (Å²) in [7, 11) is 2.86. The van der Waals surface area contributed by atoms with Crippen LogP contribution in [0.15, 0.2) is 12.1 Å². The number of carboxylic acids is 1. The average molecular weight is 258 g/mol. The molecule has 0 spiro atoms. The number of phenols is 1. The third-order valence-corrected chi connectivity index (χ3v) is 1.96. The fourth-order valence-corrected chi connectivity index (χ4v) is 1.19. The predicted octanol–water partition coefficient (Wildman–Crippen LogP) is 1.06. The quantitative estimate of drug-likeness (QED) is 0.706. The van der Waals surface area contributed by atoms with Crippen molar-refractivity contribution in [3.8, 4) is 17.2 Å². The van der Waals surface area contributed by atoms with E-state index in [0.717, 1.165) is 12.1 Å². The molecule has 7 nitrogen and oxygen atoms in total. The van der Waals surface area contributed by atoms with Gasteiger partial charge in [-0.1, -0.05) is 0 Å². The maximum atomic E-state index is 10.9. The lowest BCUT2D eigenvalue weighted by Gasteiger charge is -2.13. The Labute approximate surface area is 103 Å². The highest BCUT2D eigenvalue weighted by Crippen LogP contribution is 2.34. The van der Waals surface area contributed by atoms with Gasteiger partial charge in [0.1, 0.15) is 11.3 Å². The first-order chi connectivity index (χ1) is 8.60. The van der Waals surface area contributed by atoms with Crippen molar-refractivity contribution in [3.63, 3.8) is 0 Å². The van der Waals surface area contributed by atoms with Crippen LogP contribution in [0.5, 0.6) is 17.2 Å². The van der Waals surface area contributed by atoms with E-state index >= 15 is 0 Å². The molecule has 0 aromatic heterocycles. The van der Waals surface area contributed by atoms with E-state index in [4.69, 9.17) is 24.1 Å². The van der Waals surface area contributed by atoms with E-state index in [9.17, 15) is 9.90 Å². The topological polar surface area (TPSA) is 94.5 Å². The second-order valence-corrected chi connectivity index (χ2v) is 3.22. The van der Waals surface area contributed by atoms with Gasteiger partial charge in [-0.3, -0.25) is 0 Å². The van der Waals surface area contributed by atoms with Gasteiger partial charge in [0.2, 0.25) is 0 Å². The highest BCUT2D eigenvalue weighted by atomic mass is 16.7. The van der Waals surface area contributed by atoms with Crippen molar-refractivity contribution in [1.82, 2.24) is 0 Å². The first kappa shape index (κ1) is 14.1. The van der Waals surface area contributed by atoms with Crippen LogP contribution in [0.25, 0.3) is 0 Å². The number of ether oxygens (including phenoxy) is 4. The van der Waals surface area contributed by atoms with Gasteiger partial charge in [0.15, 0.2) is 25.1 Å². The number of rotatable bonds is 7. The van der Waals surface area contributed by atoms with Gasteiger partial charge >= 0.3 is 5.97 Å². The molecule has 1 aromatic carbocycles. The summed E-state index contributed by atoms with van der Waals surface area (Å²) < 4.78 is 19.7. The zero-order chi connectivity index (χ0) is 13.5. The Kier molecular flexibility index (Phi) is 5.22. The number of hydrogen-bond donors (Lipinski definition) is 2. The Morgan fingerprint density at radius 3 is 2.06 bits per heavy atom. The molecule has 0 unspecified atom stereocenters. The van der Waals surface area contributed by atoms with Crippen LogP contribution >= 0.6 is 0 Å². The highest BCUT2D eigenvalue weighted by molar-refractivity contribution is 5.91. The summed E-state index contributed by atoms with van der Waals surface area (Å²) in [5.74, 6) is -1.38. The third kappa shape index (κ3) is 3.51. The van der Waals surface area contributed by atoms with Gasteiger partial charge in [0.05, 0.1) is 0 Å². The molecular formula is C11H14O7. The summed E-state index contributed by atoms with van der Waals surface area (Å²) in [5, 5.41) is 18.4. The SMILES string of the molecule is COCOc1cc(O)c(C(=O)O)cc1OCOC. The molecule has 18 heavy (non-hydrogen) atoms. The summed E-state index contributed by atoms with van der Waals surface area (Å²) in [6, 6.07) is 2.30. The van der Waals surface area contributed by atoms with Gasteiger partial charge in [-0.15, -0.1) is 0 Å². The van der Waals surface area contributed by atoms with Crippen LogP contribution in [0.1, 0.15) is 10.4 Å². The molecule has 0 bridgehead atoms. The summed E-state index contributed by atoms with van der Waals surface area (Å²) >= 11 is 0. The minimum atomic E-state index is -1.27. The van der Waals surface area contributed by atoms with E-state index < -0.39 is 11.7 Å². The van der Waals surface area contributed by atoms with Gasteiger partial charge in [-0.2, -0.15) is 0 Å². The van der Waals surface area contributed by atoms with Crippen LogP contribution in [-0.4, -0.2) is 44.0 Å². The van der Waals surface area contributed by atoms with E-state index in [1.807, 2.05) is 0 Å². The molecule has 0 saturated carbocycles. The second kappa shape index (κ2) is 6.67. The molecule has 0 aliphatic heterocycles. The molecule has 0 saturated heterocycles. The van der Waals surface area contributed by atoms with E-state index in [0.29, 0.717) is 0 Å². The first-order valence-corrected chi connectivity index (χ1v) is 4.94. The number of carbonyl (C=O) groups is 1. The van der Waals surface area contributed by atoms with Gasteiger partial charge in [-0.25, -0.2) is 4.79 Å². The van der Waals surface area contributed by atoms with Crippen molar-refractivity contribution in [2.24, 2.45) is 0 Å². The summed E-state index contributed by atoms with van der Waals surface area (Å²) in [4.78, 5) is 10.9. The molecule has 0 radical (unpaired) electrons. The summed E-state index contributed by atoms with van der Waals surface area (Å²) in [6.07, 6.45) is 0. The molecule has 1 rings (SSSR count). The van der Waals surface area contributed by atoms with E-state index in [1.54, 1.807) is 0 Å². The van der Waals surface area contributed by atoms with Crippen molar-refractivity contribution in [2.75, 3.05) is 27.8 Å². The molecule has 0 aliphatic carbocycles. The maximum Gasteiger partial charge on any atom is 0.339 e. The molecule has 0 fully saturated rings. The molecule has 0 atom stereocenters. The van der Waals surface area contributed by atoms with Gasteiger partial charge in [0.25, 0.3) is 0 Å². The molecule has 0 aliphatic rings. The normalized spacial score (nSPS) is 10.1. The Hall–Kier alpha value is -1.99. The molecule has 0 amide bonds. The van der Waals surface area contributed by atoms with Crippen molar-refractivity contribution in [2.45, 2.75) is 0 Å². The zero-order valence-electron chi connectivity index (χ0n) is 10.0. The maximum absolute atomic E-state index is 10.9. The molecule has 7 heteroatoms. The van der Waals surface area contributed by atoms with E-state index in [-0.39, 0.29) is 30.6 Å². The van der Waals surface area contributed by atoms with Crippen LogP contribution in [0.3, 0.4) is 0 Å². The lowest BCUT2D eigenvalue weighted by Crippen LogP contribution is -2.06. The largest absolute Gasteiger partial charge is 0.507 e. The Morgan fingerprint density at radius 1 is 1.11 bits per heavy atom. The van der Waals surface area contributed by atoms with Crippen molar-refractivity contribution in [3.05, 3.63) is 17.7 Å². The number of carboxylic acid groups (broad SMARTS) is 1. The fraction of sp³-hybridized carbons (Fsp3) is 0.364.